The first-order valence-electron chi connectivity index (χ1n) is 21.1. The van der Waals surface area contributed by atoms with E-state index in [4.69, 9.17) is 19.9 Å². The lowest BCUT2D eigenvalue weighted by Gasteiger charge is -2.22. The average Bonchev–Trinajstić information content (AvgIpc) is 3.92. The third-order valence-electron chi connectivity index (χ3n) is 12.1. The van der Waals surface area contributed by atoms with Gasteiger partial charge in [0.15, 0.2) is 17.5 Å². The van der Waals surface area contributed by atoms with E-state index in [1.807, 2.05) is 73.7 Å². The van der Waals surface area contributed by atoms with Crippen molar-refractivity contribution in [3.05, 3.63) is 197 Å². The average molecular weight is 824 g/mol. The van der Waals surface area contributed by atoms with Crippen LogP contribution in [0.15, 0.2) is 152 Å². The lowest BCUT2D eigenvalue weighted by atomic mass is 9.81. The number of aromatic nitrogens is 5. The van der Waals surface area contributed by atoms with Gasteiger partial charge in [0.05, 0.1) is 10.2 Å². The van der Waals surface area contributed by atoms with Crippen molar-refractivity contribution in [2.45, 2.75) is 53.9 Å². The van der Waals surface area contributed by atoms with E-state index in [0.29, 0.717) is 17.5 Å². The molecule has 0 spiro atoms. The molecule has 8 aromatic rings. The number of nitrogens with zero attached hydrogens (tertiary/aromatic N) is 5. The monoisotopic (exact) mass is 823 g/mol. The molecule has 0 N–H and O–H groups in total. The fraction of sp³-hybridized carbons (Fsp3) is 0.143. The summed E-state index contributed by atoms with van der Waals surface area (Å²) in [5, 5.41) is 1.05. The van der Waals surface area contributed by atoms with Crippen molar-refractivity contribution in [2.75, 3.05) is 0 Å². The molecule has 62 heavy (non-hydrogen) atoms. The molecule has 1 aliphatic carbocycles. The molecular weight excluding hydrogens is 775 g/mol. The van der Waals surface area contributed by atoms with Crippen molar-refractivity contribution in [1.82, 2.24) is 24.5 Å². The maximum Gasteiger partial charge on any atom is 0.164 e. The van der Waals surface area contributed by atoms with Gasteiger partial charge >= 0.3 is 0 Å². The Hall–Kier alpha value is -7.02. The van der Waals surface area contributed by atoms with Crippen LogP contribution in [0.5, 0.6) is 0 Å². The van der Waals surface area contributed by atoms with E-state index in [2.05, 4.69) is 144 Å². The number of benzene rings is 5. The largest absolute Gasteiger partial charge is 0.321 e. The molecule has 0 fully saturated rings. The Bertz CT molecular complexity index is 3080. The maximum absolute atomic E-state index is 5.09. The van der Waals surface area contributed by atoms with Crippen LogP contribution >= 0.6 is 11.3 Å². The topological polar surface area (TPSA) is 56.5 Å². The standard InChI is InChI=1S/C56H49N5S/c1-9-11-21-36(4)61-37(5)45(32-35(3)52-58-53(40-22-15-12-16-23-40)60-54(59-52)41-24-17-13-18-25-41)46(38(61)6)33-39(10-2)43-28-29-44-48(34-43)56(7,8)47-30-31-49-51(50(44)47)62-55(57-49)42-26-19-14-20-27-42/h9-34H,2H2,1,3-8H3/b11-9-,35-32+,36-21+,39-33+. The molecule has 0 saturated heterocycles. The molecule has 3 aromatic heterocycles. The summed E-state index contributed by atoms with van der Waals surface area (Å²) < 4.78 is 3.59. The number of hydrogen-bond acceptors (Lipinski definition) is 5. The number of rotatable bonds is 10. The smallest absolute Gasteiger partial charge is 0.164 e. The molecule has 6 heteroatoms. The Kier molecular flexibility index (Phi) is 10.7. The first kappa shape index (κ1) is 40.4. The highest BCUT2D eigenvalue weighted by Gasteiger charge is 2.37. The first-order valence-corrected chi connectivity index (χ1v) is 21.9. The highest BCUT2D eigenvalue weighted by molar-refractivity contribution is 7.22. The van der Waals surface area contributed by atoms with Crippen LogP contribution in [-0.4, -0.2) is 24.5 Å². The van der Waals surface area contributed by atoms with Crippen LogP contribution in [0, 0.1) is 13.8 Å². The summed E-state index contributed by atoms with van der Waals surface area (Å²) in [6.45, 7) is 19.8. The Balaban J connectivity index is 1.18. The van der Waals surface area contributed by atoms with E-state index < -0.39 is 0 Å². The molecule has 0 bridgehead atoms. The summed E-state index contributed by atoms with van der Waals surface area (Å²) >= 11 is 1.79. The second kappa shape index (κ2) is 16.4. The second-order valence-electron chi connectivity index (χ2n) is 16.4. The van der Waals surface area contributed by atoms with Crippen LogP contribution in [-0.2, 0) is 5.41 Å². The Labute approximate surface area is 369 Å². The molecule has 0 atom stereocenters. The van der Waals surface area contributed by atoms with E-state index in [1.54, 1.807) is 11.3 Å². The molecule has 0 amide bonds. The summed E-state index contributed by atoms with van der Waals surface area (Å²) in [6.07, 6.45) is 12.8. The summed E-state index contributed by atoms with van der Waals surface area (Å²) in [5.41, 5.74) is 17.8. The lowest BCUT2D eigenvalue weighted by molar-refractivity contribution is 0.660. The predicted octanol–water partition coefficient (Wildman–Crippen LogP) is 14.9. The molecular formula is C56H49N5S. The molecule has 5 aromatic carbocycles. The lowest BCUT2D eigenvalue weighted by Crippen LogP contribution is -2.15. The second-order valence-corrected chi connectivity index (χ2v) is 17.4. The van der Waals surface area contributed by atoms with Crippen molar-refractivity contribution in [1.29, 1.82) is 0 Å². The zero-order valence-corrected chi connectivity index (χ0v) is 37.2. The molecule has 0 unspecified atom stereocenters. The van der Waals surface area contributed by atoms with Gasteiger partial charge in [0.2, 0.25) is 0 Å². The van der Waals surface area contributed by atoms with Gasteiger partial charge in [0.25, 0.3) is 0 Å². The molecule has 5 nitrogen and oxygen atoms in total. The van der Waals surface area contributed by atoms with Crippen molar-refractivity contribution >= 4 is 50.5 Å². The summed E-state index contributed by atoms with van der Waals surface area (Å²) in [5.74, 6) is 1.91. The Morgan fingerprint density at radius 3 is 1.87 bits per heavy atom. The zero-order chi connectivity index (χ0) is 43.1. The van der Waals surface area contributed by atoms with Crippen molar-refractivity contribution in [3.63, 3.8) is 0 Å². The number of thiazole rings is 1. The van der Waals surface area contributed by atoms with Gasteiger partial charge in [-0.3, -0.25) is 0 Å². The minimum Gasteiger partial charge on any atom is -0.321 e. The van der Waals surface area contributed by atoms with Crippen molar-refractivity contribution < 1.29 is 0 Å². The van der Waals surface area contributed by atoms with Crippen molar-refractivity contribution in [2.24, 2.45) is 0 Å². The molecule has 0 radical (unpaired) electrons. The predicted molar refractivity (Wildman–Crippen MR) is 264 cm³/mol. The van der Waals surface area contributed by atoms with Crippen LogP contribution < -0.4 is 0 Å². The van der Waals surface area contributed by atoms with Gasteiger partial charge in [-0.2, -0.15) is 0 Å². The van der Waals surface area contributed by atoms with Crippen molar-refractivity contribution in [3.8, 4) is 44.5 Å². The Morgan fingerprint density at radius 1 is 0.677 bits per heavy atom. The van der Waals surface area contributed by atoms with Gasteiger partial charge in [0.1, 0.15) is 5.01 Å². The van der Waals surface area contributed by atoms with Gasteiger partial charge in [-0.05, 0) is 98.4 Å². The van der Waals surface area contributed by atoms with E-state index in [9.17, 15) is 0 Å². The normalized spacial score (nSPS) is 13.8. The zero-order valence-electron chi connectivity index (χ0n) is 36.4. The fourth-order valence-corrected chi connectivity index (χ4v) is 9.99. The van der Waals surface area contributed by atoms with Crippen LogP contribution in [0.2, 0.25) is 0 Å². The SMILES string of the molecule is C=C/C(=C\c1c(/C=C(\C)c2nc(-c3ccccc3)nc(-c3ccccc3)n2)c(C)n(/C(C)=C/C=C\C)c1C)c1ccc2c(c1)C(C)(C)c1ccc3nc(-c4ccccc4)sc3c1-2. The first-order chi connectivity index (χ1) is 30.1. The van der Waals surface area contributed by atoms with Crippen LogP contribution in [0.1, 0.15) is 79.6 Å². The Morgan fingerprint density at radius 2 is 1.27 bits per heavy atom. The quantitative estimate of drug-likeness (QED) is 0.129. The minimum atomic E-state index is -0.199. The highest BCUT2D eigenvalue weighted by Crippen LogP contribution is 2.53. The number of hydrogen-bond donors (Lipinski definition) is 0. The number of allylic oxidation sites excluding steroid dienone is 7. The van der Waals surface area contributed by atoms with Gasteiger partial charge in [-0.15, -0.1) is 11.3 Å². The van der Waals surface area contributed by atoms with E-state index in [1.165, 1.54) is 27.0 Å². The minimum absolute atomic E-state index is 0.199. The van der Waals surface area contributed by atoms with E-state index in [0.717, 1.165) is 72.1 Å². The molecule has 304 valence electrons. The van der Waals surface area contributed by atoms with E-state index >= 15 is 0 Å². The van der Waals surface area contributed by atoms with Gasteiger partial charge in [-0.1, -0.05) is 148 Å². The molecule has 1 aliphatic rings. The van der Waals surface area contributed by atoms with Crippen LogP contribution in [0.4, 0.5) is 0 Å². The van der Waals surface area contributed by atoms with E-state index in [-0.39, 0.29) is 5.41 Å². The maximum atomic E-state index is 5.09. The highest BCUT2D eigenvalue weighted by atomic mass is 32.1. The third kappa shape index (κ3) is 7.20. The third-order valence-corrected chi connectivity index (χ3v) is 13.2. The summed E-state index contributed by atoms with van der Waals surface area (Å²) in [4.78, 5) is 20.1. The van der Waals surface area contributed by atoms with Crippen LogP contribution in [0.25, 0.3) is 83.7 Å². The number of fused-ring (bicyclic) bond motifs is 5. The molecule has 3 heterocycles. The summed E-state index contributed by atoms with van der Waals surface area (Å²) in [6, 6.07) is 42.2. The summed E-state index contributed by atoms with van der Waals surface area (Å²) in [7, 11) is 0. The molecule has 9 rings (SSSR count). The van der Waals surface area contributed by atoms with Crippen LogP contribution in [0.3, 0.4) is 0 Å². The molecule has 0 saturated carbocycles. The molecule has 0 aliphatic heterocycles. The van der Waals surface area contributed by atoms with Gasteiger partial charge in [-0.25, -0.2) is 19.9 Å². The van der Waals surface area contributed by atoms with Gasteiger partial charge < -0.3 is 4.57 Å². The fourth-order valence-electron chi connectivity index (χ4n) is 8.86. The van der Waals surface area contributed by atoms with Gasteiger partial charge in [0, 0.05) is 55.9 Å².